The van der Waals surface area contributed by atoms with Gasteiger partial charge in [-0.25, -0.2) is 9.37 Å². The Morgan fingerprint density at radius 3 is 2.81 bits per heavy atom. The fraction of sp³-hybridized carbons (Fsp3) is 0.450. The molecule has 1 N–H and O–H groups in total. The van der Waals surface area contributed by atoms with E-state index in [-0.39, 0.29) is 29.5 Å². The van der Waals surface area contributed by atoms with E-state index in [1.165, 1.54) is 23.5 Å². The minimum atomic E-state index is -0.312. The maximum Gasteiger partial charge on any atom is 0.229 e. The summed E-state index contributed by atoms with van der Waals surface area (Å²) in [6.45, 7) is 5.10. The van der Waals surface area contributed by atoms with Gasteiger partial charge in [-0.05, 0) is 43.5 Å². The van der Waals surface area contributed by atoms with Crippen molar-refractivity contribution in [1.82, 2.24) is 9.88 Å². The number of carbonyl (C=O) groups is 2. The number of anilines is 1. The zero-order chi connectivity index (χ0) is 19.4. The molecular weight excluding hydrogens is 365 g/mol. The molecular formula is C20H24FN3O2S. The third kappa shape index (κ3) is 4.53. The van der Waals surface area contributed by atoms with E-state index in [1.54, 1.807) is 17.6 Å². The van der Waals surface area contributed by atoms with Gasteiger partial charge in [0.05, 0.1) is 11.4 Å². The summed E-state index contributed by atoms with van der Waals surface area (Å²) >= 11 is 1.34. The van der Waals surface area contributed by atoms with Gasteiger partial charge >= 0.3 is 0 Å². The summed E-state index contributed by atoms with van der Waals surface area (Å²) in [5.41, 5.74) is 3.05. The lowest BCUT2D eigenvalue weighted by Crippen LogP contribution is -2.45. The molecule has 0 aliphatic carbocycles. The normalized spacial score (nSPS) is 18.2. The number of hydrogen-bond donors (Lipinski definition) is 1. The molecule has 2 amide bonds. The average Bonchev–Trinajstić information content (AvgIpc) is 3.15. The molecule has 1 aliphatic rings. The van der Waals surface area contributed by atoms with Crippen LogP contribution in [0, 0.1) is 17.7 Å². The summed E-state index contributed by atoms with van der Waals surface area (Å²) in [4.78, 5) is 31.3. The molecule has 1 fully saturated rings. The lowest BCUT2D eigenvalue weighted by molar-refractivity contribution is -0.138. The van der Waals surface area contributed by atoms with Crippen molar-refractivity contribution in [3.8, 4) is 11.3 Å². The fourth-order valence-electron chi connectivity index (χ4n) is 3.24. The molecule has 1 aromatic heterocycles. The van der Waals surface area contributed by atoms with E-state index in [9.17, 15) is 14.0 Å². The molecule has 1 aliphatic heterocycles. The van der Waals surface area contributed by atoms with Crippen molar-refractivity contribution in [2.24, 2.45) is 11.8 Å². The standard InChI is InChI=1S/C20H24FN3O2S/c1-3-13(2)20(26)24-10-4-5-15(11-24)18(25)23-19-17(22-12-27-19)14-6-8-16(21)9-7-14/h6-9,12-13,15H,3-5,10-11H2,1-2H3,(H,23,25). The van der Waals surface area contributed by atoms with Crippen molar-refractivity contribution in [1.29, 1.82) is 0 Å². The molecule has 2 aromatic rings. The molecule has 0 bridgehead atoms. The van der Waals surface area contributed by atoms with Crippen LogP contribution in [-0.4, -0.2) is 34.8 Å². The number of nitrogens with one attached hydrogen (secondary N) is 1. The van der Waals surface area contributed by atoms with Crippen LogP contribution in [0.15, 0.2) is 29.8 Å². The third-order valence-electron chi connectivity index (χ3n) is 5.06. The topological polar surface area (TPSA) is 62.3 Å². The fourth-order valence-corrected chi connectivity index (χ4v) is 3.95. The van der Waals surface area contributed by atoms with Crippen molar-refractivity contribution in [2.75, 3.05) is 18.4 Å². The highest BCUT2D eigenvalue weighted by molar-refractivity contribution is 7.14. The Hall–Kier alpha value is -2.28. The van der Waals surface area contributed by atoms with Gasteiger partial charge in [0.2, 0.25) is 11.8 Å². The number of carbonyl (C=O) groups excluding carboxylic acids is 2. The van der Waals surface area contributed by atoms with Crippen LogP contribution in [-0.2, 0) is 9.59 Å². The van der Waals surface area contributed by atoms with Crippen LogP contribution in [0.2, 0.25) is 0 Å². The van der Waals surface area contributed by atoms with Crippen LogP contribution >= 0.6 is 11.3 Å². The Labute approximate surface area is 162 Å². The molecule has 0 radical (unpaired) electrons. The molecule has 2 unspecified atom stereocenters. The van der Waals surface area contributed by atoms with E-state index in [0.717, 1.165) is 24.8 Å². The van der Waals surface area contributed by atoms with Crippen LogP contribution in [0.25, 0.3) is 11.3 Å². The lowest BCUT2D eigenvalue weighted by Gasteiger charge is -2.33. The number of likely N-dealkylation sites (tertiary alicyclic amines) is 1. The molecule has 3 rings (SSSR count). The van der Waals surface area contributed by atoms with Gasteiger partial charge in [0, 0.05) is 24.6 Å². The zero-order valence-corrected chi connectivity index (χ0v) is 16.4. The summed E-state index contributed by atoms with van der Waals surface area (Å²) in [7, 11) is 0. The van der Waals surface area contributed by atoms with E-state index in [4.69, 9.17) is 0 Å². The van der Waals surface area contributed by atoms with Crippen LogP contribution in [0.4, 0.5) is 9.39 Å². The van der Waals surface area contributed by atoms with E-state index in [1.807, 2.05) is 18.7 Å². The molecule has 7 heteroatoms. The van der Waals surface area contributed by atoms with E-state index in [2.05, 4.69) is 10.3 Å². The van der Waals surface area contributed by atoms with Crippen molar-refractivity contribution < 1.29 is 14.0 Å². The highest BCUT2D eigenvalue weighted by atomic mass is 32.1. The van der Waals surface area contributed by atoms with Crippen molar-refractivity contribution in [3.05, 3.63) is 35.6 Å². The number of hydrogen-bond acceptors (Lipinski definition) is 4. The smallest absolute Gasteiger partial charge is 0.229 e. The quantitative estimate of drug-likeness (QED) is 0.835. The SMILES string of the molecule is CCC(C)C(=O)N1CCCC(C(=O)Nc2scnc2-c2ccc(F)cc2)C1. The monoisotopic (exact) mass is 389 g/mol. The summed E-state index contributed by atoms with van der Waals surface area (Å²) < 4.78 is 13.1. The Morgan fingerprint density at radius 2 is 2.11 bits per heavy atom. The summed E-state index contributed by atoms with van der Waals surface area (Å²) in [6, 6.07) is 6.04. The third-order valence-corrected chi connectivity index (χ3v) is 5.80. The Balaban J connectivity index is 1.68. The predicted octanol–water partition coefficient (Wildman–Crippen LogP) is 4.17. The largest absolute Gasteiger partial charge is 0.342 e. The lowest BCUT2D eigenvalue weighted by atomic mass is 9.95. The van der Waals surface area contributed by atoms with Gasteiger partial charge < -0.3 is 10.2 Å². The van der Waals surface area contributed by atoms with Gasteiger partial charge in [0.15, 0.2) is 0 Å². The van der Waals surface area contributed by atoms with Gasteiger partial charge in [-0.2, -0.15) is 0 Å². The van der Waals surface area contributed by atoms with Gasteiger partial charge in [0.1, 0.15) is 16.5 Å². The van der Waals surface area contributed by atoms with Crippen LogP contribution < -0.4 is 5.32 Å². The van der Waals surface area contributed by atoms with Crippen molar-refractivity contribution in [2.45, 2.75) is 33.1 Å². The van der Waals surface area contributed by atoms with Crippen LogP contribution in [0.1, 0.15) is 33.1 Å². The number of nitrogens with zero attached hydrogens (tertiary/aromatic N) is 2. The van der Waals surface area contributed by atoms with E-state index in [0.29, 0.717) is 23.8 Å². The molecule has 1 saturated heterocycles. The summed E-state index contributed by atoms with van der Waals surface area (Å²) in [5, 5.41) is 3.61. The molecule has 2 atom stereocenters. The zero-order valence-electron chi connectivity index (χ0n) is 15.6. The highest BCUT2D eigenvalue weighted by Crippen LogP contribution is 2.31. The molecule has 0 saturated carbocycles. The van der Waals surface area contributed by atoms with E-state index < -0.39 is 0 Å². The first-order valence-corrected chi connectivity index (χ1v) is 10.2. The van der Waals surface area contributed by atoms with E-state index >= 15 is 0 Å². The van der Waals surface area contributed by atoms with Gasteiger partial charge in [-0.3, -0.25) is 9.59 Å². The maximum absolute atomic E-state index is 13.1. The average molecular weight is 389 g/mol. The molecule has 0 spiro atoms. The number of thiazole rings is 1. The molecule has 5 nitrogen and oxygen atoms in total. The molecule has 27 heavy (non-hydrogen) atoms. The van der Waals surface area contributed by atoms with Gasteiger partial charge in [-0.1, -0.05) is 13.8 Å². The number of aromatic nitrogens is 1. The second-order valence-electron chi connectivity index (χ2n) is 6.96. The second-order valence-corrected chi connectivity index (χ2v) is 7.81. The highest BCUT2D eigenvalue weighted by Gasteiger charge is 2.30. The number of piperidine rings is 1. The van der Waals surface area contributed by atoms with Crippen molar-refractivity contribution >= 4 is 28.2 Å². The Bertz CT molecular complexity index is 806. The molecule has 1 aromatic carbocycles. The van der Waals surface area contributed by atoms with Gasteiger partial charge in [-0.15, -0.1) is 11.3 Å². The Kier molecular flexibility index (Phi) is 6.21. The number of halogens is 1. The predicted molar refractivity (Wildman–Crippen MR) is 105 cm³/mol. The van der Waals surface area contributed by atoms with Crippen molar-refractivity contribution in [3.63, 3.8) is 0 Å². The summed E-state index contributed by atoms with van der Waals surface area (Å²) in [6.07, 6.45) is 2.39. The van der Waals surface area contributed by atoms with Crippen LogP contribution in [0.3, 0.4) is 0 Å². The Morgan fingerprint density at radius 1 is 1.37 bits per heavy atom. The minimum Gasteiger partial charge on any atom is -0.342 e. The first-order chi connectivity index (χ1) is 13.0. The van der Waals surface area contributed by atoms with Gasteiger partial charge in [0.25, 0.3) is 0 Å². The first-order valence-electron chi connectivity index (χ1n) is 9.28. The minimum absolute atomic E-state index is 0.0154. The second kappa shape index (κ2) is 8.61. The number of benzene rings is 1. The molecule has 2 heterocycles. The number of rotatable bonds is 5. The first kappa shape index (κ1) is 19.5. The maximum atomic E-state index is 13.1. The molecule has 144 valence electrons. The summed E-state index contributed by atoms with van der Waals surface area (Å²) in [5.74, 6) is -0.523. The number of amides is 2. The van der Waals surface area contributed by atoms with Crippen LogP contribution in [0.5, 0.6) is 0 Å².